The third kappa shape index (κ3) is 3.71. The molecule has 0 unspecified atom stereocenters. The van der Waals surface area contributed by atoms with Gasteiger partial charge in [-0.1, -0.05) is 25.8 Å². The summed E-state index contributed by atoms with van der Waals surface area (Å²) in [5.41, 5.74) is 3.03. The molecule has 1 aromatic carbocycles. The Bertz CT molecular complexity index is 742. The van der Waals surface area contributed by atoms with Crippen LogP contribution in [0.4, 0.5) is 0 Å². The van der Waals surface area contributed by atoms with Crippen LogP contribution in [0.25, 0.3) is 0 Å². The highest BCUT2D eigenvalue weighted by Crippen LogP contribution is 2.63. The van der Waals surface area contributed by atoms with Gasteiger partial charge in [0.25, 0.3) is 0 Å². The molecule has 3 fully saturated rings. The standard InChI is InChI=1S/C27H41NO2/c1-27-18-20(7-3-2-4-14-28-15-5-6-16-28)26-22-11-9-21(29)17-19(22)8-10-23(26)24(27)12-13-25(27)30/h9,11,17,20,23-26,29-30H,2-8,10,12-16,18H2,1H3/t20-,23-,24-,25-,26+,27-/m0/s1. The van der Waals surface area contributed by atoms with Crippen molar-refractivity contribution in [2.75, 3.05) is 19.6 Å². The molecular formula is C27H41NO2. The van der Waals surface area contributed by atoms with Gasteiger partial charge in [0.2, 0.25) is 0 Å². The lowest BCUT2D eigenvalue weighted by atomic mass is 9.51. The summed E-state index contributed by atoms with van der Waals surface area (Å²) in [5, 5.41) is 20.9. The molecule has 0 radical (unpaired) electrons. The number of phenolic OH excluding ortho intramolecular Hbond substituents is 1. The van der Waals surface area contributed by atoms with Crippen LogP contribution >= 0.6 is 0 Å². The van der Waals surface area contributed by atoms with E-state index >= 15 is 0 Å². The van der Waals surface area contributed by atoms with Crippen molar-refractivity contribution in [2.24, 2.45) is 23.2 Å². The summed E-state index contributed by atoms with van der Waals surface area (Å²) in [5.74, 6) is 3.12. The summed E-state index contributed by atoms with van der Waals surface area (Å²) < 4.78 is 0. The van der Waals surface area contributed by atoms with E-state index in [2.05, 4.69) is 17.9 Å². The predicted octanol–water partition coefficient (Wildman–Crippen LogP) is 5.49. The number of likely N-dealkylation sites (tertiary alicyclic amines) is 1. The minimum absolute atomic E-state index is 0.109. The number of nitrogens with zero attached hydrogens (tertiary/aromatic N) is 1. The van der Waals surface area contributed by atoms with Crippen LogP contribution in [-0.2, 0) is 6.42 Å². The highest BCUT2D eigenvalue weighted by Gasteiger charge is 2.57. The average Bonchev–Trinajstić information content (AvgIpc) is 3.35. The molecule has 1 aromatic rings. The number of unbranched alkanes of at least 4 members (excludes halogenated alkanes) is 2. The fourth-order valence-corrected chi connectivity index (χ4v) is 8.05. The Morgan fingerprint density at radius 1 is 1.07 bits per heavy atom. The summed E-state index contributed by atoms with van der Waals surface area (Å²) in [7, 11) is 0. The number of benzene rings is 1. The predicted molar refractivity (Wildman–Crippen MR) is 122 cm³/mol. The smallest absolute Gasteiger partial charge is 0.115 e. The van der Waals surface area contributed by atoms with Crippen molar-refractivity contribution in [1.82, 2.24) is 4.90 Å². The summed E-state index contributed by atoms with van der Waals surface area (Å²) in [6.07, 6.45) is 13.7. The second-order valence-corrected chi connectivity index (χ2v) is 11.2. The van der Waals surface area contributed by atoms with Crippen LogP contribution in [0, 0.1) is 23.2 Å². The van der Waals surface area contributed by atoms with Gasteiger partial charge in [-0.3, -0.25) is 0 Å². The SMILES string of the molecule is C[C@]12C[C@H](CCCCCN3CCCC3)[C@@H]3c4ccc(O)cc4CC[C@H]3[C@@H]1CC[C@@H]2O. The lowest BCUT2D eigenvalue weighted by molar-refractivity contribution is -0.0501. The van der Waals surface area contributed by atoms with Crippen LogP contribution in [0.2, 0.25) is 0 Å². The quantitative estimate of drug-likeness (QED) is 0.608. The van der Waals surface area contributed by atoms with E-state index in [0.717, 1.165) is 12.8 Å². The second kappa shape index (κ2) is 8.47. The van der Waals surface area contributed by atoms with E-state index in [1.807, 2.05) is 12.1 Å². The van der Waals surface area contributed by atoms with Crippen molar-refractivity contribution in [3.63, 3.8) is 0 Å². The number of rotatable bonds is 6. The minimum atomic E-state index is -0.109. The zero-order valence-corrected chi connectivity index (χ0v) is 18.9. The molecule has 3 nitrogen and oxygen atoms in total. The first-order valence-corrected chi connectivity index (χ1v) is 12.8. The third-order valence-electron chi connectivity index (χ3n) is 9.53. The molecule has 1 aliphatic heterocycles. The molecule has 0 spiro atoms. The molecule has 2 N–H and O–H groups in total. The normalized spacial score (nSPS) is 38.3. The molecule has 1 saturated heterocycles. The Labute approximate surface area is 182 Å². The van der Waals surface area contributed by atoms with E-state index in [0.29, 0.717) is 29.4 Å². The summed E-state index contributed by atoms with van der Waals surface area (Å²) in [6, 6.07) is 6.16. The second-order valence-electron chi connectivity index (χ2n) is 11.2. The number of aliphatic hydroxyl groups is 1. The van der Waals surface area contributed by atoms with E-state index in [1.165, 1.54) is 88.5 Å². The fourth-order valence-electron chi connectivity index (χ4n) is 8.05. The van der Waals surface area contributed by atoms with Gasteiger partial charge in [0, 0.05) is 0 Å². The molecule has 6 atom stereocenters. The van der Waals surface area contributed by atoms with E-state index < -0.39 is 0 Å². The summed E-state index contributed by atoms with van der Waals surface area (Å²) >= 11 is 0. The Hall–Kier alpha value is -1.06. The minimum Gasteiger partial charge on any atom is -0.508 e. The van der Waals surface area contributed by atoms with E-state index in [4.69, 9.17) is 0 Å². The first-order valence-electron chi connectivity index (χ1n) is 12.8. The molecule has 2 saturated carbocycles. The molecule has 0 aromatic heterocycles. The molecule has 30 heavy (non-hydrogen) atoms. The molecule has 1 heterocycles. The van der Waals surface area contributed by atoms with Crippen LogP contribution in [0.15, 0.2) is 18.2 Å². The molecule has 3 aliphatic carbocycles. The van der Waals surface area contributed by atoms with Crippen LogP contribution in [-0.4, -0.2) is 40.9 Å². The molecule has 0 bridgehead atoms. The van der Waals surface area contributed by atoms with Crippen LogP contribution in [0.1, 0.15) is 88.2 Å². The Kier molecular flexibility index (Phi) is 5.88. The van der Waals surface area contributed by atoms with Gasteiger partial charge in [-0.25, -0.2) is 0 Å². The average molecular weight is 412 g/mol. The highest BCUT2D eigenvalue weighted by atomic mass is 16.3. The number of hydrogen-bond donors (Lipinski definition) is 2. The monoisotopic (exact) mass is 411 g/mol. The van der Waals surface area contributed by atoms with Crippen molar-refractivity contribution in [3.8, 4) is 5.75 Å². The van der Waals surface area contributed by atoms with Gasteiger partial charge in [0.15, 0.2) is 0 Å². The van der Waals surface area contributed by atoms with Crippen molar-refractivity contribution in [3.05, 3.63) is 29.3 Å². The van der Waals surface area contributed by atoms with Gasteiger partial charge in [-0.15, -0.1) is 0 Å². The van der Waals surface area contributed by atoms with Crippen molar-refractivity contribution in [2.45, 2.75) is 89.6 Å². The Morgan fingerprint density at radius 2 is 1.90 bits per heavy atom. The van der Waals surface area contributed by atoms with Gasteiger partial charge >= 0.3 is 0 Å². The zero-order valence-electron chi connectivity index (χ0n) is 18.9. The van der Waals surface area contributed by atoms with Gasteiger partial charge in [0.1, 0.15) is 5.75 Å². The summed E-state index contributed by atoms with van der Waals surface area (Å²) in [6.45, 7) is 6.32. The van der Waals surface area contributed by atoms with Crippen LogP contribution in [0.3, 0.4) is 0 Å². The first kappa shape index (κ1) is 20.8. The van der Waals surface area contributed by atoms with E-state index in [-0.39, 0.29) is 11.5 Å². The summed E-state index contributed by atoms with van der Waals surface area (Å²) in [4.78, 5) is 2.64. The fraction of sp³-hybridized carbons (Fsp3) is 0.778. The third-order valence-corrected chi connectivity index (χ3v) is 9.53. The number of hydrogen-bond acceptors (Lipinski definition) is 3. The first-order chi connectivity index (χ1) is 14.6. The largest absolute Gasteiger partial charge is 0.508 e. The Morgan fingerprint density at radius 3 is 2.73 bits per heavy atom. The number of aryl methyl sites for hydroxylation is 1. The van der Waals surface area contributed by atoms with E-state index in [1.54, 1.807) is 0 Å². The van der Waals surface area contributed by atoms with Crippen LogP contribution < -0.4 is 0 Å². The van der Waals surface area contributed by atoms with Crippen molar-refractivity contribution in [1.29, 1.82) is 0 Å². The maximum Gasteiger partial charge on any atom is 0.115 e. The molecule has 3 heteroatoms. The van der Waals surface area contributed by atoms with Gasteiger partial charge < -0.3 is 15.1 Å². The molecule has 166 valence electrons. The maximum atomic E-state index is 10.9. The maximum absolute atomic E-state index is 10.9. The highest BCUT2D eigenvalue weighted by molar-refractivity contribution is 5.40. The number of phenols is 1. The van der Waals surface area contributed by atoms with E-state index in [9.17, 15) is 10.2 Å². The van der Waals surface area contributed by atoms with Crippen molar-refractivity contribution < 1.29 is 10.2 Å². The molecule has 0 amide bonds. The molecule has 5 rings (SSSR count). The number of aromatic hydroxyl groups is 1. The topological polar surface area (TPSA) is 43.7 Å². The van der Waals surface area contributed by atoms with Crippen molar-refractivity contribution >= 4 is 0 Å². The van der Waals surface area contributed by atoms with Gasteiger partial charge in [-0.05, 0) is 130 Å². The van der Waals surface area contributed by atoms with Gasteiger partial charge in [0.05, 0.1) is 6.10 Å². The number of fused-ring (bicyclic) bond motifs is 5. The van der Waals surface area contributed by atoms with Gasteiger partial charge in [-0.2, -0.15) is 0 Å². The molecular weight excluding hydrogens is 370 g/mol. The lowest BCUT2D eigenvalue weighted by Crippen LogP contribution is -2.47. The number of aliphatic hydroxyl groups excluding tert-OH is 1. The zero-order chi connectivity index (χ0) is 20.7. The van der Waals surface area contributed by atoms with Crippen LogP contribution in [0.5, 0.6) is 5.75 Å². The Balaban J connectivity index is 1.31. The molecule has 4 aliphatic rings. The lowest BCUT2D eigenvalue weighted by Gasteiger charge is -2.54.